The minimum atomic E-state index is -1.47. The highest BCUT2D eigenvalue weighted by Crippen LogP contribution is 2.68. The van der Waals surface area contributed by atoms with Crippen molar-refractivity contribution in [2.24, 2.45) is 34.5 Å². The lowest BCUT2D eigenvalue weighted by atomic mass is 9.43. The number of carbonyl (C=O) groups excluding carboxylic acids is 1. The number of ketones is 1. The lowest BCUT2D eigenvalue weighted by molar-refractivity contribution is -0.198. The molecule has 4 aliphatic carbocycles. The summed E-state index contributed by atoms with van der Waals surface area (Å²) in [7, 11) is 0. The summed E-state index contributed by atoms with van der Waals surface area (Å²) in [4.78, 5) is 12.4. The highest BCUT2D eigenvalue weighted by molar-refractivity contribution is 5.89. The molecule has 0 saturated heterocycles. The highest BCUT2D eigenvalue weighted by Gasteiger charge is 2.68. The van der Waals surface area contributed by atoms with Crippen LogP contribution in [0.15, 0.2) is 0 Å². The molecule has 2 unspecified atom stereocenters. The third-order valence-corrected chi connectivity index (χ3v) is 9.27. The molecule has 4 heteroatoms. The van der Waals surface area contributed by atoms with Crippen molar-refractivity contribution in [1.82, 2.24) is 0 Å². The number of hydrogen-bond acceptors (Lipinski definition) is 4. The van der Waals surface area contributed by atoms with Gasteiger partial charge in [-0.25, -0.2) is 0 Å². The van der Waals surface area contributed by atoms with Crippen molar-refractivity contribution >= 4 is 5.78 Å². The normalized spacial score (nSPS) is 55.2. The zero-order chi connectivity index (χ0) is 18.0. The number of carbonyl (C=O) groups is 1. The van der Waals surface area contributed by atoms with Crippen molar-refractivity contribution in [1.29, 1.82) is 0 Å². The zero-order valence-electron chi connectivity index (χ0n) is 15.7. The first-order chi connectivity index (χ1) is 11.8. The summed E-state index contributed by atoms with van der Waals surface area (Å²) in [6.45, 7) is 3.79. The van der Waals surface area contributed by atoms with E-state index in [0.29, 0.717) is 24.7 Å². The van der Waals surface area contributed by atoms with Gasteiger partial charge in [-0.2, -0.15) is 0 Å². The molecule has 3 N–H and O–H groups in total. The van der Waals surface area contributed by atoms with E-state index in [0.717, 1.165) is 18.8 Å². The van der Waals surface area contributed by atoms with Crippen LogP contribution in [0.25, 0.3) is 0 Å². The number of fused-ring (bicyclic) bond motifs is 5. The third-order valence-electron chi connectivity index (χ3n) is 9.27. The number of Topliss-reactive ketones (excluding diaryl/α,β-unsaturated/α-hetero) is 1. The fraction of sp³-hybridized carbons (Fsp3) is 0.952. The Kier molecular flexibility index (Phi) is 4.14. The Balaban J connectivity index is 1.70. The Morgan fingerprint density at radius 2 is 1.84 bits per heavy atom. The molecule has 142 valence electrons. The van der Waals surface area contributed by atoms with Crippen LogP contribution in [0, 0.1) is 34.5 Å². The van der Waals surface area contributed by atoms with E-state index in [1.165, 1.54) is 32.1 Å². The Morgan fingerprint density at radius 1 is 1.08 bits per heavy atom. The largest absolute Gasteiger partial charge is 0.393 e. The average molecular weight is 350 g/mol. The molecule has 0 spiro atoms. The van der Waals surface area contributed by atoms with Crippen LogP contribution in [0.1, 0.15) is 71.6 Å². The molecule has 0 aromatic heterocycles. The maximum Gasteiger partial charge on any atom is 0.190 e. The zero-order valence-corrected chi connectivity index (χ0v) is 15.7. The lowest BCUT2D eigenvalue weighted by Crippen LogP contribution is -2.62. The second-order valence-corrected chi connectivity index (χ2v) is 9.99. The van der Waals surface area contributed by atoms with Crippen LogP contribution < -0.4 is 0 Å². The van der Waals surface area contributed by atoms with Gasteiger partial charge in [0.25, 0.3) is 0 Å². The minimum absolute atomic E-state index is 0.212. The number of aliphatic hydroxyl groups is 3. The molecule has 0 aromatic rings. The van der Waals surface area contributed by atoms with E-state index in [-0.39, 0.29) is 11.3 Å². The number of rotatable bonds is 2. The summed E-state index contributed by atoms with van der Waals surface area (Å²) >= 11 is 0. The molecule has 4 fully saturated rings. The minimum Gasteiger partial charge on any atom is -0.393 e. The van der Waals surface area contributed by atoms with Crippen LogP contribution >= 0.6 is 0 Å². The van der Waals surface area contributed by atoms with Crippen molar-refractivity contribution in [2.45, 2.75) is 83.3 Å². The highest BCUT2D eigenvalue weighted by atomic mass is 16.3. The maximum absolute atomic E-state index is 12.4. The van der Waals surface area contributed by atoms with Crippen molar-refractivity contribution in [3.05, 3.63) is 0 Å². The second-order valence-electron chi connectivity index (χ2n) is 9.99. The van der Waals surface area contributed by atoms with Crippen molar-refractivity contribution in [2.75, 3.05) is 6.61 Å². The van der Waals surface area contributed by atoms with Gasteiger partial charge in [0.2, 0.25) is 0 Å². The Labute approximate surface area is 151 Å². The summed E-state index contributed by atoms with van der Waals surface area (Å²) in [5.41, 5.74) is -1.86. The molecule has 0 heterocycles. The predicted molar refractivity (Wildman–Crippen MR) is 94.8 cm³/mol. The molecule has 8 atom stereocenters. The smallest absolute Gasteiger partial charge is 0.190 e. The average Bonchev–Trinajstić information content (AvgIpc) is 2.85. The summed E-state index contributed by atoms with van der Waals surface area (Å²) in [5.74, 6) is 1.24. The van der Waals surface area contributed by atoms with Crippen molar-refractivity contribution < 1.29 is 20.1 Å². The van der Waals surface area contributed by atoms with Crippen LogP contribution in [-0.2, 0) is 4.79 Å². The van der Waals surface area contributed by atoms with E-state index in [2.05, 4.69) is 6.92 Å². The monoisotopic (exact) mass is 350 g/mol. The Morgan fingerprint density at radius 3 is 2.56 bits per heavy atom. The van der Waals surface area contributed by atoms with E-state index < -0.39 is 29.5 Å². The lowest BCUT2D eigenvalue weighted by Gasteiger charge is -2.62. The van der Waals surface area contributed by atoms with Gasteiger partial charge in [0.05, 0.1) is 6.10 Å². The Hall–Kier alpha value is -0.450. The van der Waals surface area contributed by atoms with E-state index in [1.54, 1.807) is 0 Å². The van der Waals surface area contributed by atoms with Crippen LogP contribution in [0.2, 0.25) is 0 Å². The molecule has 25 heavy (non-hydrogen) atoms. The van der Waals surface area contributed by atoms with Crippen LogP contribution in [-0.4, -0.2) is 39.4 Å². The number of hydrogen-bond donors (Lipinski definition) is 3. The maximum atomic E-state index is 12.4. The number of aliphatic hydroxyl groups excluding tert-OH is 2. The first-order valence-corrected chi connectivity index (χ1v) is 10.3. The molecular weight excluding hydrogens is 316 g/mol. The van der Waals surface area contributed by atoms with Gasteiger partial charge < -0.3 is 15.3 Å². The van der Waals surface area contributed by atoms with Crippen LogP contribution in [0.3, 0.4) is 0 Å². The van der Waals surface area contributed by atoms with E-state index >= 15 is 0 Å². The van der Waals surface area contributed by atoms with Gasteiger partial charge in [0.1, 0.15) is 12.2 Å². The van der Waals surface area contributed by atoms with Crippen LogP contribution in [0.4, 0.5) is 0 Å². The van der Waals surface area contributed by atoms with Crippen LogP contribution in [0.5, 0.6) is 0 Å². The van der Waals surface area contributed by atoms with E-state index in [1.807, 2.05) is 6.92 Å². The molecule has 4 rings (SSSR count). The molecule has 0 amide bonds. The van der Waals surface area contributed by atoms with Crippen molar-refractivity contribution in [3.63, 3.8) is 0 Å². The molecule has 4 aliphatic rings. The standard InChI is InChI=1S/C21H34O4/c1-19-9-4-3-5-13(19)6-7-14-15-8-10-21(25,17(24)12-22)20(15,2)11-16(23)18(14)19/h13-16,18,22-23,25H,3-12H2,1-2H3/t13?,14-,15-,16?,18+,19-,20-,21-/m0/s1. The molecular formula is C21H34O4. The first kappa shape index (κ1) is 17.9. The molecule has 0 aromatic carbocycles. The summed E-state index contributed by atoms with van der Waals surface area (Å²) in [5, 5.41) is 31.8. The molecule has 0 radical (unpaired) electrons. The fourth-order valence-electron chi connectivity index (χ4n) is 8.01. The topological polar surface area (TPSA) is 77.8 Å². The molecule has 4 saturated carbocycles. The second kappa shape index (κ2) is 5.77. The SMILES string of the molecule is C[C@]12CCCCC1CC[C@@H]1[C@@H]2C(O)C[C@@]2(C)[C@H]1CC[C@]2(O)C(=O)CO. The summed E-state index contributed by atoms with van der Waals surface area (Å²) in [6, 6.07) is 0. The van der Waals surface area contributed by atoms with Gasteiger partial charge in [-0.15, -0.1) is 0 Å². The van der Waals surface area contributed by atoms with Gasteiger partial charge in [-0.3, -0.25) is 4.79 Å². The third kappa shape index (κ3) is 2.20. The quantitative estimate of drug-likeness (QED) is 0.715. The van der Waals surface area contributed by atoms with E-state index in [9.17, 15) is 20.1 Å². The van der Waals surface area contributed by atoms with Gasteiger partial charge in [0, 0.05) is 5.41 Å². The van der Waals surface area contributed by atoms with Gasteiger partial charge in [-0.1, -0.05) is 26.7 Å². The first-order valence-electron chi connectivity index (χ1n) is 10.3. The van der Waals surface area contributed by atoms with Gasteiger partial charge in [-0.05, 0) is 74.0 Å². The molecule has 4 nitrogen and oxygen atoms in total. The summed E-state index contributed by atoms with van der Waals surface area (Å²) < 4.78 is 0. The van der Waals surface area contributed by atoms with Crippen molar-refractivity contribution in [3.8, 4) is 0 Å². The molecule has 0 bridgehead atoms. The van der Waals surface area contributed by atoms with E-state index in [4.69, 9.17) is 0 Å². The summed E-state index contributed by atoms with van der Waals surface area (Å²) in [6.07, 6.45) is 8.74. The van der Waals surface area contributed by atoms with Gasteiger partial charge >= 0.3 is 0 Å². The molecule has 0 aliphatic heterocycles. The fourth-order valence-corrected chi connectivity index (χ4v) is 8.01. The predicted octanol–water partition coefficient (Wildman–Crippen LogP) is 2.68. The van der Waals surface area contributed by atoms with Gasteiger partial charge in [0.15, 0.2) is 5.78 Å². The Bertz CT molecular complexity index is 562.